The van der Waals surface area contributed by atoms with Crippen molar-refractivity contribution in [1.82, 2.24) is 15.2 Å². The highest BCUT2D eigenvalue weighted by Crippen LogP contribution is 2.24. The lowest BCUT2D eigenvalue weighted by molar-refractivity contribution is -0.136. The molecular formula is C15H22N4O. The molecule has 0 saturated carbocycles. The first kappa shape index (κ1) is 13.4. The molecule has 0 aliphatic carbocycles. The van der Waals surface area contributed by atoms with Gasteiger partial charge in [0.15, 0.2) is 0 Å². The summed E-state index contributed by atoms with van der Waals surface area (Å²) < 4.78 is 0. The number of hydrogen-bond acceptors (Lipinski definition) is 4. The van der Waals surface area contributed by atoms with Crippen LogP contribution < -0.4 is 10.2 Å². The van der Waals surface area contributed by atoms with E-state index in [9.17, 15) is 4.79 Å². The average Bonchev–Trinajstić information content (AvgIpc) is 2.56. The summed E-state index contributed by atoms with van der Waals surface area (Å²) in [6, 6.07) is 4.05. The van der Waals surface area contributed by atoms with Crippen molar-refractivity contribution in [3.8, 4) is 0 Å². The van der Waals surface area contributed by atoms with Crippen LogP contribution in [-0.2, 0) is 4.79 Å². The van der Waals surface area contributed by atoms with E-state index in [0.29, 0.717) is 5.91 Å². The van der Waals surface area contributed by atoms with Crippen molar-refractivity contribution < 1.29 is 4.79 Å². The fourth-order valence-corrected chi connectivity index (χ4v) is 3.07. The minimum atomic E-state index is 0.209. The lowest BCUT2D eigenvalue weighted by Crippen LogP contribution is -2.50. The Morgan fingerprint density at radius 1 is 1.20 bits per heavy atom. The number of aromatic nitrogens is 1. The van der Waals surface area contributed by atoms with Gasteiger partial charge in [0, 0.05) is 51.4 Å². The summed E-state index contributed by atoms with van der Waals surface area (Å²) in [5.74, 6) is 0.568. The molecule has 0 spiro atoms. The zero-order chi connectivity index (χ0) is 13.8. The van der Waals surface area contributed by atoms with Crippen LogP contribution in [-0.4, -0.2) is 55.1 Å². The number of piperidine rings is 1. The maximum atomic E-state index is 12.5. The monoisotopic (exact) mass is 274 g/mol. The number of nitrogens with one attached hydrogen (secondary N) is 1. The molecule has 1 N–H and O–H groups in total. The summed E-state index contributed by atoms with van der Waals surface area (Å²) in [5.41, 5.74) is 1.17. The number of anilines is 1. The Morgan fingerprint density at radius 3 is 2.60 bits per heavy atom. The van der Waals surface area contributed by atoms with E-state index >= 15 is 0 Å². The van der Waals surface area contributed by atoms with E-state index in [1.165, 1.54) is 5.69 Å². The third-order valence-corrected chi connectivity index (χ3v) is 4.28. The normalized spacial score (nSPS) is 21.0. The molecule has 20 heavy (non-hydrogen) atoms. The maximum absolute atomic E-state index is 12.5. The Bertz CT molecular complexity index is 436. The van der Waals surface area contributed by atoms with Crippen molar-refractivity contribution in [2.45, 2.75) is 12.8 Å². The van der Waals surface area contributed by atoms with Crippen LogP contribution in [0, 0.1) is 5.92 Å². The van der Waals surface area contributed by atoms with E-state index in [-0.39, 0.29) is 5.92 Å². The van der Waals surface area contributed by atoms with Crippen LogP contribution in [0.15, 0.2) is 24.5 Å². The van der Waals surface area contributed by atoms with E-state index in [4.69, 9.17) is 0 Å². The van der Waals surface area contributed by atoms with Crippen LogP contribution in [0.3, 0.4) is 0 Å². The standard InChI is InChI=1S/C15H22N4O/c20-15(19-10-6-16-7-11-19)13-3-8-18(9-4-13)14-2-1-5-17-12-14/h1-2,5,12-13,16H,3-4,6-11H2. The topological polar surface area (TPSA) is 48.5 Å². The van der Waals surface area contributed by atoms with Gasteiger partial charge >= 0.3 is 0 Å². The molecule has 5 nitrogen and oxygen atoms in total. The summed E-state index contributed by atoms with van der Waals surface area (Å²) in [7, 11) is 0. The van der Waals surface area contributed by atoms with Gasteiger partial charge in [-0.25, -0.2) is 0 Å². The van der Waals surface area contributed by atoms with E-state index in [1.807, 2.05) is 17.2 Å². The quantitative estimate of drug-likeness (QED) is 0.864. The van der Waals surface area contributed by atoms with Gasteiger partial charge < -0.3 is 15.1 Å². The number of rotatable bonds is 2. The van der Waals surface area contributed by atoms with E-state index in [1.54, 1.807) is 6.20 Å². The molecule has 2 saturated heterocycles. The third kappa shape index (κ3) is 2.93. The van der Waals surface area contributed by atoms with Crippen molar-refractivity contribution in [1.29, 1.82) is 0 Å². The molecule has 5 heteroatoms. The summed E-state index contributed by atoms with van der Waals surface area (Å²) in [6.45, 7) is 5.49. The second-order valence-electron chi connectivity index (χ2n) is 5.55. The zero-order valence-corrected chi connectivity index (χ0v) is 11.8. The van der Waals surface area contributed by atoms with Crippen molar-refractivity contribution in [2.24, 2.45) is 5.92 Å². The molecule has 3 heterocycles. The van der Waals surface area contributed by atoms with Gasteiger partial charge in [-0.05, 0) is 25.0 Å². The average molecular weight is 274 g/mol. The zero-order valence-electron chi connectivity index (χ0n) is 11.8. The molecule has 1 aromatic rings. The number of nitrogens with zero attached hydrogens (tertiary/aromatic N) is 3. The van der Waals surface area contributed by atoms with Gasteiger partial charge in [-0.15, -0.1) is 0 Å². The van der Waals surface area contributed by atoms with Crippen LogP contribution >= 0.6 is 0 Å². The van der Waals surface area contributed by atoms with Crippen molar-refractivity contribution in [3.05, 3.63) is 24.5 Å². The summed E-state index contributed by atoms with van der Waals surface area (Å²) in [4.78, 5) is 21.0. The molecule has 3 rings (SSSR count). The third-order valence-electron chi connectivity index (χ3n) is 4.28. The molecular weight excluding hydrogens is 252 g/mol. The van der Waals surface area contributed by atoms with Crippen LogP contribution in [0.5, 0.6) is 0 Å². The fraction of sp³-hybridized carbons (Fsp3) is 0.600. The smallest absolute Gasteiger partial charge is 0.225 e. The van der Waals surface area contributed by atoms with Gasteiger partial charge in [-0.3, -0.25) is 9.78 Å². The predicted octanol–water partition coefficient (Wildman–Crippen LogP) is 0.730. The molecule has 0 unspecified atom stereocenters. The highest BCUT2D eigenvalue weighted by atomic mass is 16.2. The van der Waals surface area contributed by atoms with Crippen molar-refractivity contribution in [3.63, 3.8) is 0 Å². The van der Waals surface area contributed by atoms with Crippen LogP contribution in [0.4, 0.5) is 5.69 Å². The van der Waals surface area contributed by atoms with Crippen LogP contribution in [0.1, 0.15) is 12.8 Å². The largest absolute Gasteiger partial charge is 0.370 e. The van der Waals surface area contributed by atoms with Crippen molar-refractivity contribution >= 4 is 11.6 Å². The summed E-state index contributed by atoms with van der Waals surface area (Å²) >= 11 is 0. The van der Waals surface area contributed by atoms with Crippen LogP contribution in [0.25, 0.3) is 0 Å². The second kappa shape index (κ2) is 6.22. The number of pyridine rings is 1. The second-order valence-corrected chi connectivity index (χ2v) is 5.55. The SMILES string of the molecule is O=C(C1CCN(c2cccnc2)CC1)N1CCNCC1. The van der Waals surface area contributed by atoms with Gasteiger partial charge in [0.1, 0.15) is 0 Å². The minimum absolute atomic E-state index is 0.209. The van der Waals surface area contributed by atoms with Gasteiger partial charge in [-0.1, -0.05) is 0 Å². The summed E-state index contributed by atoms with van der Waals surface area (Å²) in [5, 5.41) is 3.29. The Kier molecular flexibility index (Phi) is 4.16. The molecule has 0 atom stereocenters. The first-order valence-electron chi connectivity index (χ1n) is 7.49. The lowest BCUT2D eigenvalue weighted by Gasteiger charge is -2.36. The highest BCUT2D eigenvalue weighted by Gasteiger charge is 2.29. The van der Waals surface area contributed by atoms with Gasteiger partial charge in [-0.2, -0.15) is 0 Å². The van der Waals surface area contributed by atoms with Crippen LogP contribution in [0.2, 0.25) is 0 Å². The number of amides is 1. The molecule has 108 valence electrons. The molecule has 0 radical (unpaired) electrons. The Labute approximate surface area is 120 Å². The molecule has 2 aliphatic heterocycles. The summed E-state index contributed by atoms with van der Waals surface area (Å²) in [6.07, 6.45) is 5.61. The molecule has 1 aromatic heterocycles. The molecule has 2 aliphatic rings. The fourth-order valence-electron chi connectivity index (χ4n) is 3.07. The number of carbonyl (C=O) groups is 1. The number of hydrogen-bond donors (Lipinski definition) is 1. The first-order chi connectivity index (χ1) is 9.84. The van der Waals surface area contributed by atoms with Gasteiger partial charge in [0.25, 0.3) is 0 Å². The number of piperazine rings is 1. The van der Waals surface area contributed by atoms with E-state index < -0.39 is 0 Å². The van der Waals surface area contributed by atoms with Crippen molar-refractivity contribution in [2.75, 3.05) is 44.2 Å². The number of carbonyl (C=O) groups excluding carboxylic acids is 1. The molecule has 1 amide bonds. The Balaban J connectivity index is 1.54. The lowest BCUT2D eigenvalue weighted by atomic mass is 9.94. The Hall–Kier alpha value is -1.62. The maximum Gasteiger partial charge on any atom is 0.225 e. The Morgan fingerprint density at radius 2 is 1.95 bits per heavy atom. The minimum Gasteiger partial charge on any atom is -0.370 e. The van der Waals surface area contributed by atoms with E-state index in [2.05, 4.69) is 21.3 Å². The van der Waals surface area contributed by atoms with E-state index in [0.717, 1.165) is 52.1 Å². The molecule has 0 aromatic carbocycles. The highest BCUT2D eigenvalue weighted by molar-refractivity contribution is 5.79. The predicted molar refractivity (Wildman–Crippen MR) is 78.6 cm³/mol. The molecule has 0 bridgehead atoms. The molecule has 2 fully saturated rings. The first-order valence-corrected chi connectivity index (χ1v) is 7.49. The van der Waals surface area contributed by atoms with Gasteiger partial charge in [0.05, 0.1) is 11.9 Å². The van der Waals surface area contributed by atoms with Gasteiger partial charge in [0.2, 0.25) is 5.91 Å².